The summed E-state index contributed by atoms with van der Waals surface area (Å²) >= 11 is 0. The predicted octanol–water partition coefficient (Wildman–Crippen LogP) is 3.30. The van der Waals surface area contributed by atoms with Crippen molar-refractivity contribution in [1.82, 2.24) is 0 Å². The van der Waals surface area contributed by atoms with E-state index in [1.54, 1.807) is 24.3 Å². The lowest BCUT2D eigenvalue weighted by Gasteiger charge is -2.06. The van der Waals surface area contributed by atoms with Crippen molar-refractivity contribution in [2.24, 2.45) is 0 Å². The third-order valence-corrected chi connectivity index (χ3v) is 2.85. The third-order valence-electron chi connectivity index (χ3n) is 2.85. The van der Waals surface area contributed by atoms with Crippen LogP contribution < -0.4 is 4.74 Å². The van der Waals surface area contributed by atoms with Gasteiger partial charge in [-0.15, -0.1) is 0 Å². The number of nitro benzene ring substituents is 1. The number of halogens is 1. The first-order valence-electron chi connectivity index (χ1n) is 6.14. The van der Waals surface area contributed by atoms with Gasteiger partial charge in [0.2, 0.25) is 0 Å². The molecule has 0 N–H and O–H groups in total. The molecule has 0 spiro atoms. The first kappa shape index (κ1) is 14.6. The molecule has 0 heterocycles. The van der Waals surface area contributed by atoms with Crippen LogP contribution in [0.4, 0.5) is 10.1 Å². The van der Waals surface area contributed by atoms with Gasteiger partial charge in [-0.3, -0.25) is 14.9 Å². The molecule has 0 saturated heterocycles. The summed E-state index contributed by atoms with van der Waals surface area (Å²) in [6, 6.07) is 9.81. The lowest BCUT2D eigenvalue weighted by Crippen LogP contribution is -2.12. The second kappa shape index (κ2) is 6.13. The number of ether oxygens (including phenoxy) is 1. The predicted molar refractivity (Wildman–Crippen MR) is 74.1 cm³/mol. The number of hydrogen-bond donors (Lipinski definition) is 0. The summed E-state index contributed by atoms with van der Waals surface area (Å²) < 4.78 is 18.1. The second-order valence-electron chi connectivity index (χ2n) is 4.45. The Bertz CT molecular complexity index is 683. The first-order chi connectivity index (χ1) is 9.97. The van der Waals surface area contributed by atoms with Gasteiger partial charge < -0.3 is 4.74 Å². The highest BCUT2D eigenvalue weighted by Crippen LogP contribution is 2.27. The van der Waals surface area contributed by atoms with Gasteiger partial charge in [0.25, 0.3) is 0 Å². The van der Waals surface area contributed by atoms with Gasteiger partial charge in [-0.05, 0) is 19.1 Å². The molecule has 0 unspecified atom stereocenters. The zero-order valence-corrected chi connectivity index (χ0v) is 11.2. The highest BCUT2D eigenvalue weighted by atomic mass is 19.1. The molecule has 2 rings (SSSR count). The molecule has 0 aromatic heterocycles. The van der Waals surface area contributed by atoms with E-state index in [9.17, 15) is 19.3 Å². The summed E-state index contributed by atoms with van der Waals surface area (Å²) in [7, 11) is 0. The second-order valence-corrected chi connectivity index (χ2v) is 4.45. The third kappa shape index (κ3) is 3.62. The summed E-state index contributed by atoms with van der Waals surface area (Å²) in [5.74, 6) is -1.19. The Kier molecular flexibility index (Phi) is 4.27. The molecule has 21 heavy (non-hydrogen) atoms. The van der Waals surface area contributed by atoms with E-state index in [1.165, 1.54) is 0 Å². The minimum Gasteiger partial charge on any atom is -0.478 e. The number of carbonyl (C=O) groups is 1. The SMILES string of the molecule is Cc1ccc(C(=O)COc2ccc(F)cc2[N+](=O)[O-])cc1. The normalized spacial score (nSPS) is 10.2. The smallest absolute Gasteiger partial charge is 0.313 e. The molecule has 6 heteroatoms. The Labute approximate surface area is 120 Å². The van der Waals surface area contributed by atoms with Crippen LogP contribution in [0.1, 0.15) is 15.9 Å². The van der Waals surface area contributed by atoms with Gasteiger partial charge in [0.1, 0.15) is 5.82 Å². The summed E-state index contributed by atoms with van der Waals surface area (Å²) in [5.41, 5.74) is 0.957. The molecule has 0 atom stereocenters. The Morgan fingerprint density at radius 1 is 1.24 bits per heavy atom. The molecular formula is C15H12FNO4. The van der Waals surface area contributed by atoms with Crippen LogP contribution in [0, 0.1) is 22.9 Å². The molecule has 0 bridgehead atoms. The number of aryl methyl sites for hydroxylation is 1. The molecule has 108 valence electrons. The van der Waals surface area contributed by atoms with Crippen LogP contribution in [-0.2, 0) is 0 Å². The van der Waals surface area contributed by atoms with Crippen molar-refractivity contribution in [1.29, 1.82) is 0 Å². The van der Waals surface area contributed by atoms with Crippen molar-refractivity contribution in [3.05, 3.63) is 69.5 Å². The van der Waals surface area contributed by atoms with E-state index in [1.807, 2.05) is 6.92 Å². The van der Waals surface area contributed by atoms with E-state index in [-0.39, 0.29) is 18.1 Å². The van der Waals surface area contributed by atoms with Gasteiger partial charge in [0, 0.05) is 5.56 Å². The van der Waals surface area contributed by atoms with Crippen LogP contribution in [0.5, 0.6) is 5.75 Å². The van der Waals surface area contributed by atoms with Gasteiger partial charge in [-0.25, -0.2) is 4.39 Å². The van der Waals surface area contributed by atoms with Gasteiger partial charge in [0.15, 0.2) is 18.1 Å². The summed E-state index contributed by atoms with van der Waals surface area (Å²) in [6.45, 7) is 1.54. The molecule has 2 aromatic rings. The summed E-state index contributed by atoms with van der Waals surface area (Å²) in [6.07, 6.45) is 0. The van der Waals surface area contributed by atoms with Crippen LogP contribution in [-0.4, -0.2) is 17.3 Å². The van der Waals surface area contributed by atoms with Crippen molar-refractivity contribution in [2.45, 2.75) is 6.92 Å². The maximum Gasteiger partial charge on any atom is 0.313 e. The van der Waals surface area contributed by atoms with Crippen LogP contribution in [0.25, 0.3) is 0 Å². The van der Waals surface area contributed by atoms with Gasteiger partial charge in [0.05, 0.1) is 11.0 Å². The number of nitro groups is 1. The lowest BCUT2D eigenvalue weighted by atomic mass is 10.1. The van der Waals surface area contributed by atoms with Crippen LogP contribution >= 0.6 is 0 Å². The molecule has 0 aliphatic rings. The maximum atomic E-state index is 13.0. The molecule has 0 aliphatic heterocycles. The fourth-order valence-electron chi connectivity index (χ4n) is 1.72. The number of Topliss-reactive ketones (excluding diaryl/α,β-unsaturated/α-hetero) is 1. The summed E-state index contributed by atoms with van der Waals surface area (Å²) in [5, 5.41) is 10.8. The number of rotatable bonds is 5. The Hall–Kier alpha value is -2.76. The molecule has 0 fully saturated rings. The highest BCUT2D eigenvalue weighted by molar-refractivity contribution is 5.97. The van der Waals surface area contributed by atoms with Crippen LogP contribution in [0.3, 0.4) is 0 Å². The number of nitrogens with zero attached hydrogens (tertiary/aromatic N) is 1. The van der Waals surface area contributed by atoms with E-state index < -0.39 is 16.4 Å². The monoisotopic (exact) mass is 289 g/mol. The topological polar surface area (TPSA) is 69.4 Å². The Balaban J connectivity index is 2.11. The molecule has 5 nitrogen and oxygen atoms in total. The minimum absolute atomic E-state index is 0.137. The quantitative estimate of drug-likeness (QED) is 0.481. The van der Waals surface area contributed by atoms with Crippen molar-refractivity contribution in [3.8, 4) is 5.75 Å². The summed E-state index contributed by atoms with van der Waals surface area (Å²) in [4.78, 5) is 22.0. The van der Waals surface area contributed by atoms with Gasteiger partial charge >= 0.3 is 5.69 Å². The number of carbonyl (C=O) groups excluding carboxylic acids is 1. The van der Waals surface area contributed by atoms with Crippen molar-refractivity contribution in [2.75, 3.05) is 6.61 Å². The van der Waals surface area contributed by atoms with Crippen molar-refractivity contribution >= 4 is 11.5 Å². The average molecular weight is 289 g/mol. The number of benzene rings is 2. The van der Waals surface area contributed by atoms with Crippen LogP contribution in [0.2, 0.25) is 0 Å². The number of hydrogen-bond acceptors (Lipinski definition) is 4. The zero-order chi connectivity index (χ0) is 15.4. The maximum absolute atomic E-state index is 13.0. The van der Waals surface area contributed by atoms with Crippen molar-refractivity contribution < 1.29 is 18.8 Å². The van der Waals surface area contributed by atoms with E-state index in [0.717, 1.165) is 23.8 Å². The zero-order valence-electron chi connectivity index (χ0n) is 11.2. The fourth-order valence-corrected chi connectivity index (χ4v) is 1.72. The highest BCUT2D eigenvalue weighted by Gasteiger charge is 2.17. The molecular weight excluding hydrogens is 277 g/mol. The lowest BCUT2D eigenvalue weighted by molar-refractivity contribution is -0.386. The largest absolute Gasteiger partial charge is 0.478 e. The molecule has 0 radical (unpaired) electrons. The molecule has 2 aromatic carbocycles. The Morgan fingerprint density at radius 3 is 2.52 bits per heavy atom. The molecule has 0 amide bonds. The van der Waals surface area contributed by atoms with E-state index >= 15 is 0 Å². The molecule has 0 aliphatic carbocycles. The molecule has 0 saturated carbocycles. The minimum atomic E-state index is -0.755. The van der Waals surface area contributed by atoms with E-state index in [0.29, 0.717) is 5.56 Å². The Morgan fingerprint density at radius 2 is 1.90 bits per heavy atom. The average Bonchev–Trinajstić information content (AvgIpc) is 2.46. The van der Waals surface area contributed by atoms with E-state index in [4.69, 9.17) is 4.74 Å². The van der Waals surface area contributed by atoms with Crippen molar-refractivity contribution in [3.63, 3.8) is 0 Å². The van der Waals surface area contributed by atoms with Gasteiger partial charge in [-0.2, -0.15) is 0 Å². The number of ketones is 1. The van der Waals surface area contributed by atoms with E-state index in [2.05, 4.69) is 0 Å². The first-order valence-corrected chi connectivity index (χ1v) is 6.14. The van der Waals surface area contributed by atoms with Crippen LogP contribution in [0.15, 0.2) is 42.5 Å². The fraction of sp³-hybridized carbons (Fsp3) is 0.133. The standard InChI is InChI=1S/C15H12FNO4/c1-10-2-4-11(5-3-10)14(18)9-21-15-7-6-12(16)8-13(15)17(19)20/h2-8H,9H2,1H3. The van der Waals surface area contributed by atoms with Gasteiger partial charge in [-0.1, -0.05) is 29.8 Å².